The number of benzene rings is 1. The van der Waals surface area contributed by atoms with E-state index in [1.165, 1.54) is 19.3 Å². The normalized spacial score (nSPS) is 33.6. The molecule has 1 aromatic carbocycles. The third-order valence-corrected chi connectivity index (χ3v) is 7.51. The number of hydrogen-bond donors (Lipinski definition) is 1. The average Bonchev–Trinajstić information content (AvgIpc) is 3.29. The van der Waals surface area contributed by atoms with E-state index in [9.17, 15) is 9.59 Å². The highest BCUT2D eigenvalue weighted by Crippen LogP contribution is 2.52. The Hall–Kier alpha value is -2.14. The van der Waals surface area contributed by atoms with E-state index in [4.69, 9.17) is 4.74 Å². The molecule has 2 bridgehead atoms. The summed E-state index contributed by atoms with van der Waals surface area (Å²) >= 11 is 0. The van der Waals surface area contributed by atoms with Crippen LogP contribution in [0.5, 0.6) is 0 Å². The van der Waals surface area contributed by atoms with Gasteiger partial charge in [-0.3, -0.25) is 14.5 Å². The standard InChI is InChI=1S/C24H30N2O3/c1-16-8-20-15-29-23(28)24(20,10-16)11-17-4-6-21(7-5-17)25-22(27)14-26-12-18-2-3-19(9-18)13-26/h4-7,18-20H,1-3,8-15H2,(H,25,27). The smallest absolute Gasteiger partial charge is 0.313 e. The van der Waals surface area contributed by atoms with Crippen LogP contribution in [0.1, 0.15) is 37.7 Å². The molecule has 154 valence electrons. The van der Waals surface area contributed by atoms with Crippen molar-refractivity contribution in [3.05, 3.63) is 42.0 Å². The van der Waals surface area contributed by atoms with E-state index in [1.807, 2.05) is 24.3 Å². The van der Waals surface area contributed by atoms with E-state index in [1.54, 1.807) is 0 Å². The Morgan fingerprint density at radius 2 is 1.93 bits per heavy atom. The maximum Gasteiger partial charge on any atom is 0.313 e. The molecule has 2 aliphatic heterocycles. The van der Waals surface area contributed by atoms with Gasteiger partial charge in [-0.05, 0) is 68.1 Å². The minimum absolute atomic E-state index is 0.0594. The number of nitrogens with zero attached hydrogens (tertiary/aromatic N) is 1. The molecule has 2 saturated heterocycles. The number of likely N-dealkylation sites (tertiary alicyclic amines) is 1. The van der Waals surface area contributed by atoms with Crippen LogP contribution in [-0.2, 0) is 20.7 Å². The number of nitrogens with one attached hydrogen (secondary N) is 1. The van der Waals surface area contributed by atoms with Gasteiger partial charge in [-0.25, -0.2) is 0 Å². The summed E-state index contributed by atoms with van der Waals surface area (Å²) in [4.78, 5) is 27.2. The van der Waals surface area contributed by atoms with Crippen LogP contribution in [0, 0.1) is 23.2 Å². The summed E-state index contributed by atoms with van der Waals surface area (Å²) < 4.78 is 5.37. The van der Waals surface area contributed by atoms with Crippen molar-refractivity contribution in [2.45, 2.75) is 38.5 Å². The second-order valence-electron chi connectivity index (χ2n) is 9.74. The SMILES string of the molecule is C=C1CC2COC(=O)C2(Cc2ccc(NC(=O)CN3CC4CCC(C4)C3)cc2)C1. The van der Waals surface area contributed by atoms with Crippen molar-refractivity contribution in [3.63, 3.8) is 0 Å². The highest BCUT2D eigenvalue weighted by atomic mass is 16.5. The number of amides is 1. The van der Waals surface area contributed by atoms with E-state index in [-0.39, 0.29) is 17.8 Å². The fourth-order valence-corrected chi connectivity index (χ4v) is 6.18. The Labute approximate surface area is 172 Å². The van der Waals surface area contributed by atoms with Crippen molar-refractivity contribution in [1.82, 2.24) is 4.90 Å². The number of cyclic esters (lactones) is 1. The zero-order valence-corrected chi connectivity index (χ0v) is 17.0. The molecule has 4 fully saturated rings. The number of carbonyl (C=O) groups excluding carboxylic acids is 2. The molecule has 4 unspecified atom stereocenters. The van der Waals surface area contributed by atoms with Crippen LogP contribution in [0.4, 0.5) is 5.69 Å². The summed E-state index contributed by atoms with van der Waals surface area (Å²) in [6, 6.07) is 7.94. The fourth-order valence-electron chi connectivity index (χ4n) is 6.18. The number of rotatable bonds is 5. The summed E-state index contributed by atoms with van der Waals surface area (Å²) in [5, 5.41) is 3.03. The maximum atomic E-state index is 12.5. The van der Waals surface area contributed by atoms with Gasteiger partial charge in [0.2, 0.25) is 5.91 Å². The topological polar surface area (TPSA) is 58.6 Å². The number of allylic oxidation sites excluding steroid dienone is 1. The van der Waals surface area contributed by atoms with Gasteiger partial charge in [0.25, 0.3) is 0 Å². The predicted octanol–water partition coefficient (Wildman–Crippen LogP) is 3.41. The zero-order valence-electron chi connectivity index (χ0n) is 17.0. The molecule has 2 heterocycles. The van der Waals surface area contributed by atoms with Crippen LogP contribution in [0.3, 0.4) is 0 Å². The number of ether oxygens (including phenoxy) is 1. The third kappa shape index (κ3) is 3.61. The van der Waals surface area contributed by atoms with Gasteiger partial charge in [-0.2, -0.15) is 0 Å². The molecule has 0 aromatic heterocycles. The molecule has 29 heavy (non-hydrogen) atoms. The summed E-state index contributed by atoms with van der Waals surface area (Å²) in [6.07, 6.45) is 6.30. The Kier molecular flexibility index (Phi) is 4.73. The van der Waals surface area contributed by atoms with E-state index >= 15 is 0 Å². The van der Waals surface area contributed by atoms with Crippen LogP contribution >= 0.6 is 0 Å². The van der Waals surface area contributed by atoms with Gasteiger partial charge in [0.15, 0.2) is 0 Å². The highest BCUT2D eigenvalue weighted by Gasteiger charge is 2.55. The average molecular weight is 395 g/mol. The van der Waals surface area contributed by atoms with Gasteiger partial charge < -0.3 is 10.1 Å². The zero-order chi connectivity index (χ0) is 20.0. The van der Waals surface area contributed by atoms with Gasteiger partial charge in [0.05, 0.1) is 18.6 Å². The first-order valence-corrected chi connectivity index (χ1v) is 11.0. The van der Waals surface area contributed by atoms with Crippen molar-refractivity contribution in [2.24, 2.45) is 23.2 Å². The Balaban J connectivity index is 1.19. The molecule has 5 rings (SSSR count). The van der Waals surface area contributed by atoms with Crippen LogP contribution < -0.4 is 5.32 Å². The van der Waals surface area contributed by atoms with E-state index in [2.05, 4.69) is 16.8 Å². The number of hydrogen-bond acceptors (Lipinski definition) is 4. The molecule has 1 aromatic rings. The third-order valence-electron chi connectivity index (χ3n) is 7.51. The van der Waals surface area contributed by atoms with Crippen molar-refractivity contribution < 1.29 is 14.3 Å². The van der Waals surface area contributed by atoms with E-state index in [0.717, 1.165) is 54.6 Å². The number of esters is 1. The van der Waals surface area contributed by atoms with E-state index in [0.29, 0.717) is 19.6 Å². The maximum absolute atomic E-state index is 12.5. The molecule has 5 nitrogen and oxygen atoms in total. The summed E-state index contributed by atoms with van der Waals surface area (Å²) in [5.41, 5.74) is 2.64. The van der Waals surface area contributed by atoms with Gasteiger partial charge in [-0.1, -0.05) is 24.3 Å². The lowest BCUT2D eigenvalue weighted by Crippen LogP contribution is -2.41. The first-order chi connectivity index (χ1) is 14.0. The van der Waals surface area contributed by atoms with E-state index < -0.39 is 5.41 Å². The van der Waals surface area contributed by atoms with Gasteiger partial charge >= 0.3 is 5.97 Å². The molecule has 2 aliphatic carbocycles. The summed E-state index contributed by atoms with van der Waals surface area (Å²) in [7, 11) is 0. The molecule has 0 radical (unpaired) electrons. The lowest BCUT2D eigenvalue weighted by atomic mass is 9.75. The van der Waals surface area contributed by atoms with Crippen LogP contribution in [0.2, 0.25) is 0 Å². The number of anilines is 1. The quantitative estimate of drug-likeness (QED) is 0.614. The number of piperidine rings is 1. The van der Waals surface area contributed by atoms with Crippen molar-refractivity contribution in [3.8, 4) is 0 Å². The molecular weight excluding hydrogens is 364 g/mol. The van der Waals surface area contributed by atoms with Crippen molar-refractivity contribution >= 4 is 17.6 Å². The Bertz CT molecular complexity index is 821. The molecule has 1 amide bonds. The molecule has 4 atom stereocenters. The predicted molar refractivity (Wildman–Crippen MR) is 111 cm³/mol. The molecule has 4 aliphatic rings. The lowest BCUT2D eigenvalue weighted by Gasteiger charge is -2.31. The molecule has 0 spiro atoms. The molecule has 2 saturated carbocycles. The van der Waals surface area contributed by atoms with Gasteiger partial charge in [0, 0.05) is 24.7 Å². The molecular formula is C24H30N2O3. The molecule has 5 heteroatoms. The first-order valence-electron chi connectivity index (χ1n) is 11.0. The second kappa shape index (κ2) is 7.28. The first kappa shape index (κ1) is 18.9. The van der Waals surface area contributed by atoms with Crippen molar-refractivity contribution in [2.75, 3.05) is 31.6 Å². The van der Waals surface area contributed by atoms with Crippen LogP contribution in [0.15, 0.2) is 36.4 Å². The van der Waals surface area contributed by atoms with Gasteiger partial charge in [0.1, 0.15) is 0 Å². The van der Waals surface area contributed by atoms with Crippen LogP contribution in [0.25, 0.3) is 0 Å². The second-order valence-corrected chi connectivity index (χ2v) is 9.74. The Morgan fingerprint density at radius 3 is 2.66 bits per heavy atom. The Morgan fingerprint density at radius 1 is 1.21 bits per heavy atom. The fraction of sp³-hybridized carbons (Fsp3) is 0.583. The minimum atomic E-state index is -0.435. The molecule has 1 N–H and O–H groups in total. The monoisotopic (exact) mass is 394 g/mol. The minimum Gasteiger partial charge on any atom is -0.465 e. The van der Waals surface area contributed by atoms with Crippen LogP contribution in [-0.4, -0.2) is 43.0 Å². The number of fused-ring (bicyclic) bond motifs is 3. The van der Waals surface area contributed by atoms with Gasteiger partial charge in [-0.15, -0.1) is 0 Å². The highest BCUT2D eigenvalue weighted by molar-refractivity contribution is 5.92. The lowest BCUT2D eigenvalue weighted by molar-refractivity contribution is -0.146. The summed E-state index contributed by atoms with van der Waals surface area (Å²) in [6.45, 7) is 7.23. The summed E-state index contributed by atoms with van der Waals surface area (Å²) in [5.74, 6) is 1.82. The number of carbonyl (C=O) groups is 2. The largest absolute Gasteiger partial charge is 0.465 e. The van der Waals surface area contributed by atoms with Crippen molar-refractivity contribution in [1.29, 1.82) is 0 Å².